The number of carbonyl (C=O) groups excluding carboxylic acids is 3. The Kier molecular flexibility index (Phi) is 9.68. The highest BCUT2D eigenvalue weighted by molar-refractivity contribution is 6.11. The van der Waals surface area contributed by atoms with E-state index in [4.69, 9.17) is 5.26 Å². The van der Waals surface area contributed by atoms with Crippen LogP contribution in [0.3, 0.4) is 0 Å². The molecule has 2 aliphatic heterocycles. The average Bonchev–Trinajstić information content (AvgIpc) is 3.98. The van der Waals surface area contributed by atoms with E-state index in [1.54, 1.807) is 29.3 Å². The monoisotopic (exact) mass is 737 g/mol. The van der Waals surface area contributed by atoms with Gasteiger partial charge in [0.15, 0.2) is 0 Å². The molecule has 4 aliphatic rings. The van der Waals surface area contributed by atoms with Crippen molar-refractivity contribution >= 4 is 51.4 Å². The summed E-state index contributed by atoms with van der Waals surface area (Å²) in [4.78, 5) is 69.7. The molecule has 4 aromatic heterocycles. The molecule has 8 rings (SSSR count). The Balaban J connectivity index is 1.01. The summed E-state index contributed by atoms with van der Waals surface area (Å²) < 4.78 is 0. The number of fused-ring (bicyclic) bond motifs is 2. The van der Waals surface area contributed by atoms with Gasteiger partial charge in [-0.25, -0.2) is 19.9 Å². The van der Waals surface area contributed by atoms with E-state index in [0.29, 0.717) is 54.3 Å². The van der Waals surface area contributed by atoms with Crippen LogP contribution in [-0.2, 0) is 14.4 Å². The third kappa shape index (κ3) is 7.21. The third-order valence-electron chi connectivity index (χ3n) is 11.1. The van der Waals surface area contributed by atoms with Crippen molar-refractivity contribution in [1.82, 2.24) is 40.1 Å². The molecule has 0 radical (unpaired) electrons. The molecule has 3 N–H and O–H groups in total. The van der Waals surface area contributed by atoms with Gasteiger partial charge >= 0.3 is 0 Å². The van der Waals surface area contributed by atoms with E-state index in [1.807, 2.05) is 18.2 Å². The van der Waals surface area contributed by atoms with Gasteiger partial charge in [0.05, 0.1) is 22.9 Å². The van der Waals surface area contributed by atoms with Gasteiger partial charge in [-0.3, -0.25) is 19.3 Å². The number of amides is 3. The minimum atomic E-state index is -0.504. The van der Waals surface area contributed by atoms with Crippen LogP contribution in [0.15, 0.2) is 54.3 Å². The molecule has 16 nitrogen and oxygen atoms in total. The standard InChI is InChI=1S/C39H39N13O3/c40-9-7-33(53)50-11-1-4-28(20-50)52(37-29-8-10-43-34(29)45-21-48-37)39(55)26(18-42)14-24-15-30(24)32-16-31-35(49-32)46-22-47-36(31)51-12-2-3-27(51)19-44-38(54)25(17-41)13-23-5-6-23/h8,10,13-14,16,21-24,27-28,30H,1-7,11-12,15,19-20H2,(H,44,54)(H,43,45,48)(H,46,47,49). The minimum absolute atomic E-state index is 0.00752. The fourth-order valence-corrected chi connectivity index (χ4v) is 7.98. The second-order valence-electron chi connectivity index (χ2n) is 14.7. The van der Waals surface area contributed by atoms with Gasteiger partial charge in [0, 0.05) is 50.0 Å². The first-order valence-corrected chi connectivity index (χ1v) is 18.8. The topological polar surface area (TPSA) is 227 Å². The molecule has 2 aliphatic carbocycles. The van der Waals surface area contributed by atoms with Crippen molar-refractivity contribution in [2.75, 3.05) is 36.0 Å². The lowest BCUT2D eigenvalue weighted by atomic mass is 10.0. The zero-order chi connectivity index (χ0) is 38.1. The zero-order valence-electron chi connectivity index (χ0n) is 30.1. The van der Waals surface area contributed by atoms with Crippen molar-refractivity contribution in [3.8, 4) is 18.2 Å². The van der Waals surface area contributed by atoms with Crippen LogP contribution in [0.1, 0.15) is 63.0 Å². The van der Waals surface area contributed by atoms with Gasteiger partial charge in [-0.1, -0.05) is 12.2 Å². The Morgan fingerprint density at radius 3 is 2.55 bits per heavy atom. The molecule has 2 saturated heterocycles. The summed E-state index contributed by atoms with van der Waals surface area (Å²) in [5.41, 5.74) is 2.31. The molecule has 4 atom stereocenters. The van der Waals surface area contributed by atoms with Gasteiger partial charge in [-0.15, -0.1) is 0 Å². The minimum Gasteiger partial charge on any atom is -0.351 e. The molecule has 2 saturated carbocycles. The van der Waals surface area contributed by atoms with E-state index in [2.05, 4.69) is 46.2 Å². The molecule has 0 spiro atoms. The number of aromatic amines is 2. The Morgan fingerprint density at radius 1 is 0.945 bits per heavy atom. The normalized spacial score (nSPS) is 22.6. The van der Waals surface area contributed by atoms with Crippen LogP contribution in [0.5, 0.6) is 0 Å². The van der Waals surface area contributed by atoms with Crippen molar-refractivity contribution in [3.05, 3.63) is 60.0 Å². The number of nitriles is 3. The van der Waals surface area contributed by atoms with E-state index in [9.17, 15) is 24.9 Å². The summed E-state index contributed by atoms with van der Waals surface area (Å²) in [7, 11) is 0. The molecule has 55 heavy (non-hydrogen) atoms. The van der Waals surface area contributed by atoms with Crippen LogP contribution in [-0.4, -0.2) is 90.8 Å². The number of H-pyrrole nitrogens is 2. The van der Waals surface area contributed by atoms with Gasteiger partial charge in [0.2, 0.25) is 5.91 Å². The number of likely N-dealkylation sites (tertiary alicyclic amines) is 1. The lowest BCUT2D eigenvalue weighted by Crippen LogP contribution is -2.52. The largest absolute Gasteiger partial charge is 0.351 e. The SMILES string of the molecule is N#CCC(=O)N1CCCC(N(C(=O)C(C#N)=CC2CC2c2cc3c(N4CCCC4CNC(=O)C(C#N)=CC4CC4)ncnc3[nH]2)c2ncnc3[nH]ccc23)C1. The van der Waals surface area contributed by atoms with Crippen LogP contribution in [0.25, 0.3) is 22.1 Å². The molecule has 0 bridgehead atoms. The van der Waals surface area contributed by atoms with Crippen molar-refractivity contribution in [2.24, 2.45) is 11.8 Å². The molecular formula is C39H39N13O3. The first-order valence-electron chi connectivity index (χ1n) is 18.8. The van der Waals surface area contributed by atoms with Crippen molar-refractivity contribution < 1.29 is 14.4 Å². The fraction of sp³-hybridized carbons (Fsp3) is 0.436. The van der Waals surface area contributed by atoms with Gasteiger partial charge in [-0.05, 0) is 68.9 Å². The molecule has 4 fully saturated rings. The number of anilines is 2. The Labute approximate surface area is 316 Å². The molecule has 16 heteroatoms. The Hall–Kier alpha value is -6.60. The number of carbonyl (C=O) groups is 3. The molecular weight excluding hydrogens is 699 g/mol. The summed E-state index contributed by atoms with van der Waals surface area (Å²) in [6.45, 7) is 1.86. The molecule has 4 aromatic rings. The Morgan fingerprint density at radius 2 is 1.75 bits per heavy atom. The number of nitrogens with zero attached hydrogens (tertiary/aromatic N) is 10. The van der Waals surface area contributed by atoms with Crippen LogP contribution < -0.4 is 15.1 Å². The first-order chi connectivity index (χ1) is 26.9. The number of piperidine rings is 1. The summed E-state index contributed by atoms with van der Waals surface area (Å²) in [6.07, 6.45) is 13.6. The van der Waals surface area contributed by atoms with Gasteiger partial charge in [0.1, 0.15) is 65.3 Å². The fourth-order valence-electron chi connectivity index (χ4n) is 7.98. The molecule has 4 unspecified atom stereocenters. The average molecular weight is 738 g/mol. The quantitative estimate of drug-likeness (QED) is 0.149. The summed E-state index contributed by atoms with van der Waals surface area (Å²) >= 11 is 0. The molecule has 278 valence electrons. The number of nitrogens with one attached hydrogen (secondary N) is 3. The zero-order valence-corrected chi connectivity index (χ0v) is 30.1. The lowest BCUT2D eigenvalue weighted by Gasteiger charge is -2.38. The predicted molar refractivity (Wildman–Crippen MR) is 199 cm³/mol. The maximum Gasteiger partial charge on any atom is 0.270 e. The predicted octanol–water partition coefficient (Wildman–Crippen LogP) is 3.67. The summed E-state index contributed by atoms with van der Waals surface area (Å²) in [5, 5.41) is 33.5. The van der Waals surface area contributed by atoms with Crippen LogP contribution in [0.2, 0.25) is 0 Å². The highest BCUT2D eigenvalue weighted by Crippen LogP contribution is 2.49. The van der Waals surface area contributed by atoms with E-state index in [0.717, 1.165) is 55.5 Å². The van der Waals surface area contributed by atoms with E-state index >= 15 is 0 Å². The van der Waals surface area contributed by atoms with Gasteiger partial charge in [0.25, 0.3) is 11.8 Å². The van der Waals surface area contributed by atoms with Crippen molar-refractivity contribution in [1.29, 1.82) is 15.8 Å². The molecule has 0 aromatic carbocycles. The van der Waals surface area contributed by atoms with E-state index < -0.39 is 11.9 Å². The maximum absolute atomic E-state index is 14.4. The number of rotatable bonds is 11. The number of hydrogen-bond donors (Lipinski definition) is 3. The second-order valence-corrected chi connectivity index (χ2v) is 14.7. The highest BCUT2D eigenvalue weighted by atomic mass is 16.2. The van der Waals surface area contributed by atoms with Crippen molar-refractivity contribution in [3.63, 3.8) is 0 Å². The second kappa shape index (κ2) is 15.0. The summed E-state index contributed by atoms with van der Waals surface area (Å²) in [6, 6.07) is 9.48. The van der Waals surface area contributed by atoms with E-state index in [-0.39, 0.29) is 53.8 Å². The van der Waals surface area contributed by atoms with Crippen LogP contribution >= 0.6 is 0 Å². The Bertz CT molecular complexity index is 2350. The lowest BCUT2D eigenvalue weighted by molar-refractivity contribution is -0.131. The smallest absolute Gasteiger partial charge is 0.270 e. The third-order valence-corrected chi connectivity index (χ3v) is 11.1. The highest BCUT2D eigenvalue weighted by Gasteiger charge is 2.41. The van der Waals surface area contributed by atoms with Crippen LogP contribution in [0, 0.1) is 45.8 Å². The van der Waals surface area contributed by atoms with Crippen LogP contribution in [0.4, 0.5) is 11.6 Å². The van der Waals surface area contributed by atoms with E-state index in [1.165, 1.54) is 17.6 Å². The first kappa shape index (κ1) is 35.4. The maximum atomic E-state index is 14.4. The van der Waals surface area contributed by atoms with Gasteiger partial charge in [-0.2, -0.15) is 15.8 Å². The number of aromatic nitrogens is 6. The molecule has 6 heterocycles. The summed E-state index contributed by atoms with van der Waals surface area (Å²) in [5.74, 6) is 0.238. The van der Waals surface area contributed by atoms with Gasteiger partial charge < -0.3 is 25.1 Å². The number of allylic oxidation sites excluding steroid dienone is 2. The van der Waals surface area contributed by atoms with Crippen molar-refractivity contribution in [2.45, 2.75) is 69.4 Å². The number of hydrogen-bond acceptors (Lipinski definition) is 11. The molecule has 3 amide bonds.